The molecule has 1 unspecified atom stereocenters. The summed E-state index contributed by atoms with van der Waals surface area (Å²) in [7, 11) is 0. The van der Waals surface area contributed by atoms with E-state index in [4.69, 9.17) is 9.72 Å². The molecule has 2 fully saturated rings. The molecule has 4 heterocycles. The van der Waals surface area contributed by atoms with Crippen LogP contribution < -0.4 is 4.90 Å². The molecule has 1 atom stereocenters. The summed E-state index contributed by atoms with van der Waals surface area (Å²) in [5.41, 5.74) is 0. The molecular weight excluding hydrogens is 324 g/mol. The van der Waals surface area contributed by atoms with E-state index >= 15 is 0 Å². The van der Waals surface area contributed by atoms with Crippen molar-refractivity contribution < 1.29 is 9.53 Å². The van der Waals surface area contributed by atoms with Gasteiger partial charge in [-0.05, 0) is 30.4 Å². The Balaban J connectivity index is 1.60. The Kier molecular flexibility index (Phi) is 4.44. The number of hydrogen-bond acceptors (Lipinski definition) is 6. The third-order valence-electron chi connectivity index (χ3n) is 4.51. The predicted molar refractivity (Wildman–Crippen MR) is 92.4 cm³/mol. The Morgan fingerprint density at radius 1 is 1.25 bits per heavy atom. The van der Waals surface area contributed by atoms with Gasteiger partial charge in [0, 0.05) is 25.8 Å². The van der Waals surface area contributed by atoms with Crippen molar-refractivity contribution in [3.05, 3.63) is 40.5 Å². The number of amides is 1. The van der Waals surface area contributed by atoms with E-state index in [-0.39, 0.29) is 11.9 Å². The van der Waals surface area contributed by atoms with Gasteiger partial charge in [0.2, 0.25) is 0 Å². The standard InChI is InChI=1S/C17H20N4O2S/c22-17(14-4-3-11-24-14)21-9-10-23-12-13(21)16-18-6-5-15(19-16)20-7-1-2-8-20/h3-6,11,13H,1-2,7-10,12H2. The van der Waals surface area contributed by atoms with Crippen molar-refractivity contribution in [2.24, 2.45) is 0 Å². The van der Waals surface area contributed by atoms with Crippen LogP contribution in [0.1, 0.15) is 34.4 Å². The number of carbonyl (C=O) groups is 1. The summed E-state index contributed by atoms with van der Waals surface area (Å²) in [6.45, 7) is 3.64. The van der Waals surface area contributed by atoms with Gasteiger partial charge in [-0.3, -0.25) is 4.79 Å². The Morgan fingerprint density at radius 2 is 2.12 bits per heavy atom. The normalized spacial score (nSPS) is 21.2. The second kappa shape index (κ2) is 6.86. The van der Waals surface area contributed by atoms with Crippen LogP contribution in [0.4, 0.5) is 5.82 Å². The third kappa shape index (κ3) is 3.01. The summed E-state index contributed by atoms with van der Waals surface area (Å²) in [4.78, 5) is 26.8. The van der Waals surface area contributed by atoms with E-state index in [1.165, 1.54) is 24.2 Å². The van der Waals surface area contributed by atoms with E-state index in [9.17, 15) is 4.79 Å². The molecule has 0 aromatic carbocycles. The molecular formula is C17H20N4O2S. The molecule has 0 spiro atoms. The largest absolute Gasteiger partial charge is 0.377 e. The fourth-order valence-electron chi connectivity index (χ4n) is 3.25. The number of hydrogen-bond donors (Lipinski definition) is 0. The van der Waals surface area contributed by atoms with Gasteiger partial charge in [0.15, 0.2) is 5.82 Å². The number of aromatic nitrogens is 2. The second-order valence-electron chi connectivity index (χ2n) is 6.03. The van der Waals surface area contributed by atoms with Gasteiger partial charge in [0.25, 0.3) is 5.91 Å². The quantitative estimate of drug-likeness (QED) is 0.855. The minimum absolute atomic E-state index is 0.0356. The number of ether oxygens (including phenoxy) is 1. The average Bonchev–Trinajstić information content (AvgIpc) is 3.35. The van der Waals surface area contributed by atoms with Crippen LogP contribution in [0.15, 0.2) is 29.8 Å². The lowest BCUT2D eigenvalue weighted by molar-refractivity contribution is -0.00494. The van der Waals surface area contributed by atoms with Crippen molar-refractivity contribution in [1.82, 2.24) is 14.9 Å². The second-order valence-corrected chi connectivity index (χ2v) is 6.98. The van der Waals surface area contributed by atoms with Crippen LogP contribution >= 0.6 is 11.3 Å². The highest BCUT2D eigenvalue weighted by Gasteiger charge is 2.32. The van der Waals surface area contributed by atoms with Crippen LogP contribution in [0.3, 0.4) is 0 Å². The molecule has 0 N–H and O–H groups in total. The minimum Gasteiger partial charge on any atom is -0.377 e. The lowest BCUT2D eigenvalue weighted by Gasteiger charge is -2.34. The molecule has 2 aromatic heterocycles. The molecule has 4 rings (SSSR count). The first kappa shape index (κ1) is 15.5. The first-order valence-electron chi connectivity index (χ1n) is 8.33. The van der Waals surface area contributed by atoms with Crippen molar-refractivity contribution in [1.29, 1.82) is 0 Å². The summed E-state index contributed by atoms with van der Waals surface area (Å²) >= 11 is 1.46. The Labute approximate surface area is 145 Å². The highest BCUT2D eigenvalue weighted by Crippen LogP contribution is 2.26. The van der Waals surface area contributed by atoms with Gasteiger partial charge >= 0.3 is 0 Å². The van der Waals surface area contributed by atoms with Gasteiger partial charge < -0.3 is 14.5 Å². The predicted octanol–water partition coefficient (Wildman–Crippen LogP) is 2.35. The maximum atomic E-state index is 12.8. The summed E-state index contributed by atoms with van der Waals surface area (Å²) < 4.78 is 5.62. The van der Waals surface area contributed by atoms with E-state index < -0.39 is 0 Å². The molecule has 2 aliphatic rings. The van der Waals surface area contributed by atoms with Gasteiger partial charge in [-0.1, -0.05) is 6.07 Å². The number of anilines is 1. The lowest BCUT2D eigenvalue weighted by atomic mass is 10.2. The van der Waals surface area contributed by atoms with E-state index in [1.54, 1.807) is 6.20 Å². The summed E-state index contributed by atoms with van der Waals surface area (Å²) in [6, 6.07) is 5.49. The number of rotatable bonds is 3. The van der Waals surface area contributed by atoms with Crippen molar-refractivity contribution in [2.75, 3.05) is 37.7 Å². The van der Waals surface area contributed by atoms with E-state index in [1.807, 2.05) is 28.5 Å². The van der Waals surface area contributed by atoms with E-state index in [0.29, 0.717) is 25.6 Å². The fourth-order valence-corrected chi connectivity index (χ4v) is 3.93. The van der Waals surface area contributed by atoms with Crippen LogP contribution in [0.5, 0.6) is 0 Å². The molecule has 0 radical (unpaired) electrons. The van der Waals surface area contributed by atoms with Crippen LogP contribution in [0.2, 0.25) is 0 Å². The van der Waals surface area contributed by atoms with Crippen molar-refractivity contribution >= 4 is 23.1 Å². The Bertz CT molecular complexity index is 700. The Morgan fingerprint density at radius 3 is 2.92 bits per heavy atom. The maximum absolute atomic E-state index is 12.8. The van der Waals surface area contributed by atoms with E-state index in [2.05, 4.69) is 9.88 Å². The molecule has 126 valence electrons. The number of carbonyl (C=O) groups excluding carboxylic acids is 1. The lowest BCUT2D eigenvalue weighted by Crippen LogP contribution is -2.44. The van der Waals surface area contributed by atoms with Crippen LogP contribution in [-0.4, -0.2) is 53.6 Å². The SMILES string of the molecule is O=C(c1cccs1)N1CCOCC1c1nccc(N2CCCC2)n1. The topological polar surface area (TPSA) is 58.6 Å². The molecule has 0 bridgehead atoms. The molecule has 7 heteroatoms. The highest BCUT2D eigenvalue weighted by molar-refractivity contribution is 7.12. The monoisotopic (exact) mass is 344 g/mol. The Hall–Kier alpha value is -1.99. The molecule has 0 aliphatic carbocycles. The van der Waals surface area contributed by atoms with Gasteiger partial charge in [0.05, 0.1) is 18.1 Å². The van der Waals surface area contributed by atoms with Gasteiger partial charge in [-0.2, -0.15) is 0 Å². The van der Waals surface area contributed by atoms with Crippen molar-refractivity contribution in [3.63, 3.8) is 0 Å². The molecule has 6 nitrogen and oxygen atoms in total. The van der Waals surface area contributed by atoms with Crippen LogP contribution in [-0.2, 0) is 4.74 Å². The smallest absolute Gasteiger partial charge is 0.264 e. The first-order valence-corrected chi connectivity index (χ1v) is 9.21. The molecule has 0 saturated carbocycles. The number of nitrogens with zero attached hydrogens (tertiary/aromatic N) is 4. The third-order valence-corrected chi connectivity index (χ3v) is 5.37. The highest BCUT2D eigenvalue weighted by atomic mass is 32.1. The summed E-state index contributed by atoms with van der Waals surface area (Å²) in [6.07, 6.45) is 4.20. The molecule has 2 aromatic rings. The molecule has 2 saturated heterocycles. The summed E-state index contributed by atoms with van der Waals surface area (Å²) in [5.74, 6) is 1.66. The maximum Gasteiger partial charge on any atom is 0.264 e. The van der Waals surface area contributed by atoms with Crippen molar-refractivity contribution in [2.45, 2.75) is 18.9 Å². The fraction of sp³-hybridized carbons (Fsp3) is 0.471. The molecule has 1 amide bonds. The van der Waals surface area contributed by atoms with E-state index in [0.717, 1.165) is 23.8 Å². The average molecular weight is 344 g/mol. The van der Waals surface area contributed by atoms with Crippen LogP contribution in [0.25, 0.3) is 0 Å². The van der Waals surface area contributed by atoms with Gasteiger partial charge in [-0.25, -0.2) is 9.97 Å². The zero-order valence-electron chi connectivity index (χ0n) is 13.4. The first-order chi connectivity index (χ1) is 11.8. The zero-order chi connectivity index (χ0) is 16.4. The molecule has 2 aliphatic heterocycles. The van der Waals surface area contributed by atoms with Gasteiger partial charge in [-0.15, -0.1) is 11.3 Å². The zero-order valence-corrected chi connectivity index (χ0v) is 14.2. The molecule has 24 heavy (non-hydrogen) atoms. The van der Waals surface area contributed by atoms with Crippen LogP contribution in [0, 0.1) is 0 Å². The minimum atomic E-state index is -0.226. The van der Waals surface area contributed by atoms with Gasteiger partial charge in [0.1, 0.15) is 11.9 Å². The number of morpholine rings is 1. The van der Waals surface area contributed by atoms with Crippen molar-refractivity contribution in [3.8, 4) is 0 Å². The summed E-state index contributed by atoms with van der Waals surface area (Å²) in [5, 5.41) is 1.92. The number of thiophene rings is 1.